The Kier molecular flexibility index (Phi) is 50.4. The first-order valence-electron chi connectivity index (χ1n) is 27.3. The fourth-order valence-corrected chi connectivity index (χ4v) is 7.64. The lowest BCUT2D eigenvalue weighted by Crippen LogP contribution is -2.30. The number of hydrogen-bond donors (Lipinski definition) is 0. The number of unbranched alkanes of at least 4 members (excludes halogenated alkanes) is 29. The molecule has 0 radical (unpaired) electrons. The molecule has 0 aromatic heterocycles. The van der Waals surface area contributed by atoms with Crippen molar-refractivity contribution < 1.29 is 28.6 Å². The third-order valence-electron chi connectivity index (χ3n) is 11.8. The lowest BCUT2D eigenvalue weighted by atomic mass is 10.1. The van der Waals surface area contributed by atoms with Gasteiger partial charge in [0.1, 0.15) is 13.2 Å². The number of carbonyl (C=O) groups is 3. The summed E-state index contributed by atoms with van der Waals surface area (Å²) in [4.78, 5) is 38.0. The van der Waals surface area contributed by atoms with E-state index in [0.29, 0.717) is 19.3 Å². The Bertz CT molecular complexity index is 1170. The Morgan fingerprint density at radius 1 is 0.344 bits per heavy atom. The first-order chi connectivity index (χ1) is 31.5. The molecule has 64 heavy (non-hydrogen) atoms. The molecule has 0 aliphatic carbocycles. The Morgan fingerprint density at radius 3 is 1.05 bits per heavy atom. The van der Waals surface area contributed by atoms with Gasteiger partial charge in [0.25, 0.3) is 0 Å². The molecule has 0 N–H and O–H groups in total. The number of esters is 3. The highest BCUT2D eigenvalue weighted by molar-refractivity contribution is 5.71. The van der Waals surface area contributed by atoms with Crippen molar-refractivity contribution in [2.24, 2.45) is 0 Å². The summed E-state index contributed by atoms with van der Waals surface area (Å²) in [5, 5.41) is 0. The average Bonchev–Trinajstić information content (AvgIpc) is 3.29. The SMILES string of the molecule is CC/C=C\C/C=C\CCCCCCCC(=O)OCC(COC(=O)CCCCCCC/C=C\C=C/CCCCCCCCC)OC(=O)CCCCCCC/C=C\CCCCCCCCC. The van der Waals surface area contributed by atoms with E-state index in [4.69, 9.17) is 14.2 Å². The van der Waals surface area contributed by atoms with Crippen LogP contribution in [0.2, 0.25) is 0 Å². The molecule has 6 heteroatoms. The van der Waals surface area contributed by atoms with E-state index in [9.17, 15) is 14.4 Å². The minimum Gasteiger partial charge on any atom is -0.462 e. The lowest BCUT2D eigenvalue weighted by Gasteiger charge is -2.18. The third-order valence-corrected chi connectivity index (χ3v) is 11.8. The van der Waals surface area contributed by atoms with Crippen LogP contribution in [0.15, 0.2) is 60.8 Å². The Morgan fingerprint density at radius 2 is 0.656 bits per heavy atom. The van der Waals surface area contributed by atoms with Gasteiger partial charge in [-0.1, -0.05) is 216 Å². The van der Waals surface area contributed by atoms with Crippen LogP contribution in [0.25, 0.3) is 0 Å². The van der Waals surface area contributed by atoms with Gasteiger partial charge in [0.2, 0.25) is 0 Å². The van der Waals surface area contributed by atoms with E-state index < -0.39 is 6.10 Å². The van der Waals surface area contributed by atoms with Gasteiger partial charge in [0.15, 0.2) is 6.10 Å². The van der Waals surface area contributed by atoms with Crippen molar-refractivity contribution in [2.75, 3.05) is 13.2 Å². The summed E-state index contributed by atoms with van der Waals surface area (Å²) in [5.74, 6) is -0.920. The monoisotopic (exact) mass is 895 g/mol. The molecule has 0 bridgehead atoms. The van der Waals surface area contributed by atoms with Gasteiger partial charge < -0.3 is 14.2 Å². The molecule has 0 saturated carbocycles. The van der Waals surface area contributed by atoms with Crippen molar-refractivity contribution in [1.82, 2.24) is 0 Å². The summed E-state index contributed by atoms with van der Waals surface area (Å²) in [5.41, 5.74) is 0. The maximum Gasteiger partial charge on any atom is 0.306 e. The normalized spacial score (nSPS) is 12.5. The summed E-state index contributed by atoms with van der Waals surface area (Å²) in [6.45, 7) is 6.50. The smallest absolute Gasteiger partial charge is 0.306 e. The largest absolute Gasteiger partial charge is 0.462 e. The highest BCUT2D eigenvalue weighted by Gasteiger charge is 2.19. The molecule has 1 unspecified atom stereocenters. The highest BCUT2D eigenvalue weighted by Crippen LogP contribution is 2.14. The van der Waals surface area contributed by atoms with Crippen LogP contribution in [0.5, 0.6) is 0 Å². The maximum absolute atomic E-state index is 12.8. The van der Waals surface area contributed by atoms with Crippen LogP contribution < -0.4 is 0 Å². The predicted molar refractivity (Wildman–Crippen MR) is 275 cm³/mol. The first-order valence-corrected chi connectivity index (χ1v) is 27.3. The fraction of sp³-hybridized carbons (Fsp3) is 0.776. The molecule has 0 aromatic carbocycles. The van der Waals surface area contributed by atoms with Gasteiger partial charge in [-0.2, -0.15) is 0 Å². The molecular weight excluding hydrogens is 793 g/mol. The molecule has 0 rings (SSSR count). The molecule has 0 fully saturated rings. The molecule has 0 amide bonds. The zero-order valence-electron chi connectivity index (χ0n) is 42.3. The molecule has 0 aliphatic rings. The van der Waals surface area contributed by atoms with Crippen LogP contribution in [-0.2, 0) is 28.6 Å². The number of hydrogen-bond acceptors (Lipinski definition) is 6. The molecule has 0 spiro atoms. The Labute approximate surface area is 396 Å². The summed E-state index contributed by atoms with van der Waals surface area (Å²) in [6, 6.07) is 0. The molecule has 0 heterocycles. The van der Waals surface area contributed by atoms with Gasteiger partial charge in [-0.3, -0.25) is 14.4 Å². The van der Waals surface area contributed by atoms with Crippen molar-refractivity contribution in [3.63, 3.8) is 0 Å². The van der Waals surface area contributed by atoms with Crippen molar-refractivity contribution in [3.05, 3.63) is 60.8 Å². The standard InChI is InChI=1S/C58H102O6/c1-4-7-10-13-16-19-22-25-27-29-30-32-33-36-39-42-45-48-51-57(60)63-54-55(53-62-56(59)50-47-44-41-38-35-24-21-18-15-12-9-6-3)64-58(61)52-49-46-43-40-37-34-31-28-26-23-20-17-14-11-8-5-2/h9,12,18,21,27-32,55H,4-8,10-11,13-17,19-20,22-26,33-54H2,1-3H3/b12-9-,21-18-,29-27-,31-28-,32-30-. The maximum atomic E-state index is 12.8. The van der Waals surface area contributed by atoms with Crippen LogP contribution in [-0.4, -0.2) is 37.2 Å². The second kappa shape index (κ2) is 52.7. The summed E-state index contributed by atoms with van der Waals surface area (Å²) in [7, 11) is 0. The van der Waals surface area contributed by atoms with E-state index in [-0.39, 0.29) is 31.1 Å². The van der Waals surface area contributed by atoms with E-state index in [0.717, 1.165) is 122 Å². The van der Waals surface area contributed by atoms with E-state index >= 15 is 0 Å². The molecule has 0 saturated heterocycles. The topological polar surface area (TPSA) is 78.9 Å². The Hall–Kier alpha value is -2.89. The van der Waals surface area contributed by atoms with Crippen molar-refractivity contribution >= 4 is 17.9 Å². The second-order valence-corrected chi connectivity index (χ2v) is 18.1. The third kappa shape index (κ3) is 50.1. The van der Waals surface area contributed by atoms with Crippen molar-refractivity contribution in [1.29, 1.82) is 0 Å². The van der Waals surface area contributed by atoms with E-state index in [1.54, 1.807) is 0 Å². The minimum absolute atomic E-state index is 0.0897. The van der Waals surface area contributed by atoms with Crippen molar-refractivity contribution in [3.8, 4) is 0 Å². The van der Waals surface area contributed by atoms with Crippen LogP contribution in [0, 0.1) is 0 Å². The van der Waals surface area contributed by atoms with Crippen LogP contribution in [0.1, 0.15) is 271 Å². The van der Waals surface area contributed by atoms with Crippen LogP contribution in [0.4, 0.5) is 0 Å². The molecule has 370 valence electrons. The van der Waals surface area contributed by atoms with E-state index in [2.05, 4.69) is 81.5 Å². The van der Waals surface area contributed by atoms with Gasteiger partial charge in [-0.15, -0.1) is 0 Å². The zero-order valence-corrected chi connectivity index (χ0v) is 42.3. The van der Waals surface area contributed by atoms with Gasteiger partial charge in [-0.05, 0) is 96.3 Å². The van der Waals surface area contributed by atoms with Gasteiger partial charge in [0, 0.05) is 19.3 Å². The molecule has 1 atom stereocenters. The summed E-state index contributed by atoms with van der Waals surface area (Å²) < 4.78 is 16.8. The number of carbonyl (C=O) groups excluding carboxylic acids is 3. The van der Waals surface area contributed by atoms with Crippen LogP contribution in [0.3, 0.4) is 0 Å². The molecular formula is C58H102O6. The second-order valence-electron chi connectivity index (χ2n) is 18.1. The number of ether oxygens (including phenoxy) is 3. The van der Waals surface area contributed by atoms with Crippen molar-refractivity contribution in [2.45, 2.75) is 277 Å². The molecule has 0 aromatic rings. The minimum atomic E-state index is -0.790. The highest BCUT2D eigenvalue weighted by atomic mass is 16.6. The van der Waals surface area contributed by atoms with E-state index in [1.165, 1.54) is 109 Å². The Balaban J connectivity index is 4.40. The summed E-state index contributed by atoms with van der Waals surface area (Å²) >= 11 is 0. The fourth-order valence-electron chi connectivity index (χ4n) is 7.64. The predicted octanol–water partition coefficient (Wildman–Crippen LogP) is 18.0. The quantitative estimate of drug-likeness (QED) is 0.0199. The first kappa shape index (κ1) is 61.1. The number of rotatable bonds is 49. The van der Waals surface area contributed by atoms with Gasteiger partial charge >= 0.3 is 17.9 Å². The summed E-state index contributed by atoms with van der Waals surface area (Å²) in [6.07, 6.45) is 64.9. The van der Waals surface area contributed by atoms with Crippen LogP contribution >= 0.6 is 0 Å². The lowest BCUT2D eigenvalue weighted by molar-refractivity contribution is -0.167. The molecule has 6 nitrogen and oxygen atoms in total. The number of allylic oxidation sites excluding steroid dienone is 10. The molecule has 0 aliphatic heterocycles. The van der Waals surface area contributed by atoms with E-state index in [1.807, 2.05) is 0 Å². The average molecular weight is 895 g/mol. The van der Waals surface area contributed by atoms with Gasteiger partial charge in [-0.25, -0.2) is 0 Å². The zero-order chi connectivity index (χ0) is 46.5. The van der Waals surface area contributed by atoms with Gasteiger partial charge in [0.05, 0.1) is 0 Å².